The van der Waals surface area contributed by atoms with Crippen LogP contribution in [0.4, 0.5) is 15.2 Å². The third-order valence-electron chi connectivity index (χ3n) is 4.33. The van der Waals surface area contributed by atoms with Gasteiger partial charge in [0.1, 0.15) is 5.82 Å². The standard InChI is InChI=1S/C21H15ClFN3O3S2/c1-12-3-2-4-14(9-12)26-31(28,29)15-6-7-17(22)16(11-15)20(27)25-21-24-18-8-5-13(23)10-19(18)30-21/h2-11,26H,1H3,(H,24,25,27). The average Bonchev–Trinajstić information content (AvgIpc) is 3.09. The molecule has 10 heteroatoms. The largest absolute Gasteiger partial charge is 0.298 e. The van der Waals surface area contributed by atoms with Gasteiger partial charge in [0.15, 0.2) is 5.13 Å². The molecule has 31 heavy (non-hydrogen) atoms. The van der Waals surface area contributed by atoms with E-state index in [0.717, 1.165) is 16.9 Å². The normalized spacial score (nSPS) is 11.5. The number of fused-ring (bicyclic) bond motifs is 1. The van der Waals surface area contributed by atoms with Crippen LogP contribution in [0.25, 0.3) is 10.2 Å². The molecule has 0 unspecified atom stereocenters. The van der Waals surface area contributed by atoms with E-state index in [1.807, 2.05) is 13.0 Å². The van der Waals surface area contributed by atoms with Gasteiger partial charge in [0.2, 0.25) is 0 Å². The van der Waals surface area contributed by atoms with Crippen molar-refractivity contribution in [3.05, 3.63) is 82.6 Å². The van der Waals surface area contributed by atoms with Crippen molar-refractivity contribution in [2.45, 2.75) is 11.8 Å². The number of nitrogens with one attached hydrogen (secondary N) is 2. The van der Waals surface area contributed by atoms with Crippen molar-refractivity contribution in [1.82, 2.24) is 4.98 Å². The van der Waals surface area contributed by atoms with Gasteiger partial charge in [-0.15, -0.1) is 0 Å². The van der Waals surface area contributed by atoms with E-state index in [4.69, 9.17) is 11.6 Å². The summed E-state index contributed by atoms with van der Waals surface area (Å²) < 4.78 is 42.0. The van der Waals surface area contributed by atoms with E-state index in [-0.39, 0.29) is 20.6 Å². The first-order valence-electron chi connectivity index (χ1n) is 8.98. The van der Waals surface area contributed by atoms with Gasteiger partial charge in [-0.1, -0.05) is 35.1 Å². The van der Waals surface area contributed by atoms with E-state index in [0.29, 0.717) is 15.9 Å². The van der Waals surface area contributed by atoms with E-state index >= 15 is 0 Å². The fourth-order valence-corrected chi connectivity index (χ4v) is 5.05. The summed E-state index contributed by atoms with van der Waals surface area (Å²) in [6, 6.07) is 14.9. The molecule has 4 aromatic rings. The number of sulfonamides is 1. The minimum Gasteiger partial charge on any atom is -0.298 e. The Morgan fingerprint density at radius 3 is 2.68 bits per heavy atom. The smallest absolute Gasteiger partial charge is 0.261 e. The number of aromatic nitrogens is 1. The van der Waals surface area contributed by atoms with Crippen LogP contribution in [-0.2, 0) is 10.0 Å². The van der Waals surface area contributed by atoms with Gasteiger partial charge in [-0.3, -0.25) is 14.8 Å². The van der Waals surface area contributed by atoms with E-state index in [2.05, 4.69) is 15.0 Å². The Hall–Kier alpha value is -3.01. The van der Waals surface area contributed by atoms with Crippen LogP contribution in [0.5, 0.6) is 0 Å². The number of halogens is 2. The molecule has 0 aliphatic rings. The van der Waals surface area contributed by atoms with Crippen molar-refractivity contribution in [3.8, 4) is 0 Å². The summed E-state index contributed by atoms with van der Waals surface area (Å²) in [6.45, 7) is 1.85. The molecule has 4 rings (SSSR count). The highest BCUT2D eigenvalue weighted by atomic mass is 35.5. The van der Waals surface area contributed by atoms with Gasteiger partial charge < -0.3 is 0 Å². The Morgan fingerprint density at radius 1 is 1.10 bits per heavy atom. The third kappa shape index (κ3) is 4.68. The zero-order chi connectivity index (χ0) is 22.2. The maximum Gasteiger partial charge on any atom is 0.261 e. The predicted molar refractivity (Wildman–Crippen MR) is 121 cm³/mol. The van der Waals surface area contributed by atoms with Crippen LogP contribution in [0.3, 0.4) is 0 Å². The zero-order valence-corrected chi connectivity index (χ0v) is 18.4. The summed E-state index contributed by atoms with van der Waals surface area (Å²) >= 11 is 7.24. The highest BCUT2D eigenvalue weighted by Gasteiger charge is 2.20. The summed E-state index contributed by atoms with van der Waals surface area (Å²) in [7, 11) is -3.94. The van der Waals surface area contributed by atoms with Crippen LogP contribution in [0.2, 0.25) is 5.02 Å². The molecule has 0 aliphatic carbocycles. The Bertz CT molecular complexity index is 1420. The third-order valence-corrected chi connectivity index (χ3v) is 6.98. The first-order valence-corrected chi connectivity index (χ1v) is 11.7. The molecule has 0 fully saturated rings. The number of nitrogens with zero attached hydrogens (tertiary/aromatic N) is 1. The topological polar surface area (TPSA) is 88.2 Å². The summed E-state index contributed by atoms with van der Waals surface area (Å²) in [5.41, 5.74) is 1.81. The molecular weight excluding hydrogens is 461 g/mol. The van der Waals surface area contributed by atoms with Crippen LogP contribution >= 0.6 is 22.9 Å². The number of hydrogen-bond acceptors (Lipinski definition) is 5. The second-order valence-corrected chi connectivity index (χ2v) is 9.82. The maximum atomic E-state index is 13.4. The van der Waals surface area contributed by atoms with Crippen molar-refractivity contribution in [2.75, 3.05) is 10.0 Å². The summed E-state index contributed by atoms with van der Waals surface area (Å²) in [5.74, 6) is -1.03. The number of carbonyl (C=O) groups excluding carboxylic acids is 1. The number of hydrogen-bond donors (Lipinski definition) is 2. The van der Waals surface area contributed by atoms with Crippen LogP contribution < -0.4 is 10.0 Å². The highest BCUT2D eigenvalue weighted by molar-refractivity contribution is 7.92. The predicted octanol–water partition coefficient (Wildman–Crippen LogP) is 5.45. The fraction of sp³-hybridized carbons (Fsp3) is 0.0476. The molecule has 0 saturated carbocycles. The van der Waals surface area contributed by atoms with Crippen LogP contribution in [0.1, 0.15) is 15.9 Å². The molecule has 0 bridgehead atoms. The number of aryl methyl sites for hydroxylation is 1. The summed E-state index contributed by atoms with van der Waals surface area (Å²) in [6.07, 6.45) is 0. The molecule has 0 atom stereocenters. The molecule has 1 aromatic heterocycles. The molecule has 0 saturated heterocycles. The molecule has 0 radical (unpaired) electrons. The monoisotopic (exact) mass is 475 g/mol. The second-order valence-electron chi connectivity index (χ2n) is 6.70. The number of benzene rings is 3. The summed E-state index contributed by atoms with van der Waals surface area (Å²) in [5, 5.41) is 2.92. The maximum absolute atomic E-state index is 13.4. The lowest BCUT2D eigenvalue weighted by molar-refractivity contribution is 0.102. The van der Waals surface area contributed by atoms with Gasteiger partial charge in [0.05, 0.1) is 25.7 Å². The van der Waals surface area contributed by atoms with E-state index in [1.54, 1.807) is 18.2 Å². The van der Waals surface area contributed by atoms with Gasteiger partial charge >= 0.3 is 0 Å². The fourth-order valence-electron chi connectivity index (χ4n) is 2.88. The molecular formula is C21H15ClFN3O3S2. The Kier molecular flexibility index (Phi) is 5.65. The zero-order valence-electron chi connectivity index (χ0n) is 16.0. The van der Waals surface area contributed by atoms with Gasteiger partial charge in [-0.2, -0.15) is 0 Å². The van der Waals surface area contributed by atoms with Gasteiger partial charge in [0, 0.05) is 5.69 Å². The van der Waals surface area contributed by atoms with Crippen LogP contribution in [0, 0.1) is 12.7 Å². The Morgan fingerprint density at radius 2 is 1.90 bits per heavy atom. The lowest BCUT2D eigenvalue weighted by Gasteiger charge is -2.11. The van der Waals surface area contributed by atoms with Crippen molar-refractivity contribution < 1.29 is 17.6 Å². The number of carbonyl (C=O) groups is 1. The molecule has 158 valence electrons. The van der Waals surface area contributed by atoms with Gasteiger partial charge in [0.25, 0.3) is 15.9 Å². The number of amides is 1. The molecule has 1 amide bonds. The quantitative estimate of drug-likeness (QED) is 0.401. The van der Waals surface area contributed by atoms with E-state index in [1.165, 1.54) is 36.4 Å². The van der Waals surface area contributed by atoms with Crippen LogP contribution in [0.15, 0.2) is 65.6 Å². The molecule has 0 spiro atoms. The van der Waals surface area contributed by atoms with E-state index in [9.17, 15) is 17.6 Å². The SMILES string of the molecule is Cc1cccc(NS(=O)(=O)c2ccc(Cl)c(C(=O)Nc3nc4ccc(F)cc4s3)c2)c1. The van der Waals surface area contributed by atoms with Crippen molar-refractivity contribution in [3.63, 3.8) is 0 Å². The lowest BCUT2D eigenvalue weighted by atomic mass is 10.2. The van der Waals surface area contributed by atoms with Crippen molar-refractivity contribution >= 4 is 59.9 Å². The van der Waals surface area contributed by atoms with Gasteiger partial charge in [-0.25, -0.2) is 17.8 Å². The van der Waals surface area contributed by atoms with Crippen molar-refractivity contribution in [1.29, 1.82) is 0 Å². The average molecular weight is 476 g/mol. The van der Waals surface area contributed by atoms with Crippen LogP contribution in [-0.4, -0.2) is 19.3 Å². The van der Waals surface area contributed by atoms with Gasteiger partial charge in [-0.05, 0) is 61.0 Å². The second kappa shape index (κ2) is 8.26. The molecule has 0 aliphatic heterocycles. The highest BCUT2D eigenvalue weighted by Crippen LogP contribution is 2.28. The lowest BCUT2D eigenvalue weighted by Crippen LogP contribution is -2.16. The first kappa shape index (κ1) is 21.2. The number of thiazole rings is 1. The minimum atomic E-state index is -3.94. The molecule has 1 heterocycles. The first-order chi connectivity index (χ1) is 14.7. The number of rotatable bonds is 5. The molecule has 3 aromatic carbocycles. The molecule has 6 nitrogen and oxygen atoms in total. The van der Waals surface area contributed by atoms with E-state index < -0.39 is 21.7 Å². The summed E-state index contributed by atoms with van der Waals surface area (Å²) in [4.78, 5) is 16.9. The van der Waals surface area contributed by atoms with Crippen molar-refractivity contribution in [2.24, 2.45) is 0 Å². The number of anilines is 2. The Balaban J connectivity index is 1.61. The molecule has 2 N–H and O–H groups in total. The Labute approximate surface area is 186 Å². The minimum absolute atomic E-state index is 0.0285.